The van der Waals surface area contributed by atoms with Gasteiger partial charge in [-0.2, -0.15) is 0 Å². The molecule has 0 bridgehead atoms. The zero-order chi connectivity index (χ0) is 20.9. The molecule has 2 heterocycles. The lowest BCUT2D eigenvalue weighted by atomic mass is 10.2. The van der Waals surface area contributed by atoms with Gasteiger partial charge in [-0.3, -0.25) is 9.36 Å². The van der Waals surface area contributed by atoms with Gasteiger partial charge < -0.3 is 4.74 Å². The number of thiazole rings is 1. The molecule has 4 aromatic rings. The first kappa shape index (κ1) is 20.6. The van der Waals surface area contributed by atoms with Crippen molar-refractivity contribution >= 4 is 34.0 Å². The van der Waals surface area contributed by atoms with Crippen LogP contribution in [-0.2, 0) is 12.3 Å². The Balaban J connectivity index is 1.61. The highest BCUT2D eigenvalue weighted by molar-refractivity contribution is 7.98. The molecule has 2 aromatic heterocycles. The van der Waals surface area contributed by atoms with Crippen LogP contribution in [0.25, 0.3) is 21.5 Å². The van der Waals surface area contributed by atoms with Crippen molar-refractivity contribution in [2.75, 3.05) is 7.11 Å². The molecule has 0 spiro atoms. The Labute approximate surface area is 183 Å². The predicted molar refractivity (Wildman–Crippen MR) is 125 cm³/mol. The molecule has 0 saturated carbocycles. The van der Waals surface area contributed by atoms with E-state index in [0.717, 1.165) is 45.5 Å². The van der Waals surface area contributed by atoms with E-state index < -0.39 is 0 Å². The minimum Gasteiger partial charge on any atom is -0.496 e. The molecule has 5 nitrogen and oxygen atoms in total. The van der Waals surface area contributed by atoms with Gasteiger partial charge in [0.15, 0.2) is 5.16 Å². The van der Waals surface area contributed by atoms with E-state index >= 15 is 0 Å². The molecule has 7 heteroatoms. The van der Waals surface area contributed by atoms with Crippen LogP contribution in [0.2, 0.25) is 0 Å². The number of thioether (sulfide) groups is 1. The van der Waals surface area contributed by atoms with E-state index in [-0.39, 0.29) is 5.56 Å². The summed E-state index contributed by atoms with van der Waals surface area (Å²) in [7, 11) is 1.67. The Morgan fingerprint density at radius 2 is 1.90 bits per heavy atom. The molecule has 4 rings (SSSR count). The van der Waals surface area contributed by atoms with Crippen molar-refractivity contribution < 1.29 is 4.74 Å². The average Bonchev–Trinajstić information content (AvgIpc) is 3.26. The summed E-state index contributed by atoms with van der Waals surface area (Å²) in [6.07, 6.45) is 1.97. The van der Waals surface area contributed by atoms with Gasteiger partial charge in [-0.1, -0.05) is 49.4 Å². The Morgan fingerprint density at radius 1 is 1.10 bits per heavy atom. The monoisotopic (exact) mass is 437 g/mol. The second kappa shape index (κ2) is 9.45. The number of methoxy groups -OCH3 is 1. The van der Waals surface area contributed by atoms with Crippen LogP contribution >= 0.6 is 23.1 Å². The summed E-state index contributed by atoms with van der Waals surface area (Å²) in [6.45, 7) is 2.81. The normalized spacial score (nSPS) is 11.1. The highest BCUT2D eigenvalue weighted by Crippen LogP contribution is 2.33. The standard InChI is InChI=1S/C23H23N3O2S2/c1-3-4-13-26-22(27)17-9-5-7-11-19(17)25-23(26)30-15-16-14-29-21(24-16)18-10-6-8-12-20(18)28-2/h5-12,14H,3-4,13,15H2,1-2H3. The van der Waals surface area contributed by atoms with Crippen LogP contribution in [0.1, 0.15) is 25.5 Å². The number of benzene rings is 2. The summed E-state index contributed by atoms with van der Waals surface area (Å²) >= 11 is 3.16. The average molecular weight is 438 g/mol. The first-order chi connectivity index (χ1) is 14.7. The van der Waals surface area contributed by atoms with Crippen LogP contribution in [0.15, 0.2) is 63.9 Å². The zero-order valence-electron chi connectivity index (χ0n) is 17.0. The molecule has 0 aliphatic heterocycles. The summed E-state index contributed by atoms with van der Waals surface area (Å²) in [4.78, 5) is 22.6. The van der Waals surface area contributed by atoms with Crippen molar-refractivity contribution in [1.29, 1.82) is 0 Å². The van der Waals surface area contributed by atoms with Gasteiger partial charge >= 0.3 is 0 Å². The van der Waals surface area contributed by atoms with Crippen LogP contribution in [0.4, 0.5) is 0 Å². The van der Waals surface area contributed by atoms with Crippen molar-refractivity contribution in [3.05, 3.63) is 70.0 Å². The van der Waals surface area contributed by atoms with Gasteiger partial charge in [-0.15, -0.1) is 11.3 Å². The molecule has 0 aliphatic carbocycles. The Kier molecular flexibility index (Phi) is 6.50. The fraction of sp³-hybridized carbons (Fsp3) is 0.261. The fourth-order valence-corrected chi connectivity index (χ4v) is 5.10. The lowest BCUT2D eigenvalue weighted by molar-refractivity contribution is 0.416. The molecular formula is C23H23N3O2S2. The molecule has 0 amide bonds. The molecule has 154 valence electrons. The summed E-state index contributed by atoms with van der Waals surface area (Å²) in [5.74, 6) is 1.47. The van der Waals surface area contributed by atoms with Gasteiger partial charge in [-0.05, 0) is 30.7 Å². The molecule has 30 heavy (non-hydrogen) atoms. The van der Waals surface area contributed by atoms with Gasteiger partial charge in [0.05, 0.1) is 29.3 Å². The van der Waals surface area contributed by atoms with Gasteiger partial charge in [0.1, 0.15) is 10.8 Å². The smallest absolute Gasteiger partial charge is 0.262 e. The van der Waals surface area contributed by atoms with Crippen molar-refractivity contribution in [2.45, 2.75) is 37.2 Å². The van der Waals surface area contributed by atoms with Crippen molar-refractivity contribution in [1.82, 2.24) is 14.5 Å². The van der Waals surface area contributed by atoms with Crippen molar-refractivity contribution in [3.8, 4) is 16.3 Å². The van der Waals surface area contributed by atoms with Gasteiger partial charge in [0.25, 0.3) is 5.56 Å². The molecule has 0 N–H and O–H groups in total. The third kappa shape index (κ3) is 4.27. The fourth-order valence-electron chi connectivity index (χ4n) is 3.23. The van der Waals surface area contributed by atoms with E-state index in [0.29, 0.717) is 17.7 Å². The van der Waals surface area contributed by atoms with E-state index in [1.54, 1.807) is 30.2 Å². The highest BCUT2D eigenvalue weighted by Gasteiger charge is 2.14. The van der Waals surface area contributed by atoms with Crippen molar-refractivity contribution in [2.24, 2.45) is 0 Å². The molecule has 0 radical (unpaired) electrons. The number of para-hydroxylation sites is 2. The molecular weight excluding hydrogens is 414 g/mol. The van der Waals surface area contributed by atoms with E-state index in [9.17, 15) is 4.79 Å². The van der Waals surface area contributed by atoms with E-state index in [2.05, 4.69) is 12.3 Å². The SMILES string of the molecule is CCCCn1c(SCc2csc(-c3ccccc3OC)n2)nc2ccccc2c1=O. The molecule has 0 fully saturated rings. The topological polar surface area (TPSA) is 57.0 Å². The molecule has 0 atom stereocenters. The Hall–Kier alpha value is -2.64. The van der Waals surface area contributed by atoms with Crippen LogP contribution in [-0.4, -0.2) is 21.6 Å². The number of hydrogen-bond acceptors (Lipinski definition) is 6. The van der Waals surface area contributed by atoms with Crippen LogP contribution in [0.3, 0.4) is 0 Å². The Bertz CT molecular complexity index is 1220. The lowest BCUT2D eigenvalue weighted by Crippen LogP contribution is -2.23. The predicted octanol–water partition coefficient (Wildman–Crippen LogP) is 5.62. The van der Waals surface area contributed by atoms with E-state index in [1.165, 1.54) is 0 Å². The maximum absolute atomic E-state index is 13.0. The molecule has 0 unspecified atom stereocenters. The van der Waals surface area contributed by atoms with E-state index in [4.69, 9.17) is 14.7 Å². The lowest BCUT2D eigenvalue weighted by Gasteiger charge is -2.12. The summed E-state index contributed by atoms with van der Waals surface area (Å²) < 4.78 is 7.27. The minimum atomic E-state index is 0.0320. The van der Waals surface area contributed by atoms with Crippen LogP contribution in [0, 0.1) is 0 Å². The molecule has 2 aromatic carbocycles. The summed E-state index contributed by atoms with van der Waals surface area (Å²) in [5, 5.41) is 4.41. The third-order valence-electron chi connectivity index (χ3n) is 4.80. The summed E-state index contributed by atoms with van der Waals surface area (Å²) in [6, 6.07) is 15.4. The first-order valence-electron chi connectivity index (χ1n) is 9.91. The van der Waals surface area contributed by atoms with Gasteiger partial charge in [0.2, 0.25) is 0 Å². The van der Waals surface area contributed by atoms with Crippen LogP contribution in [0.5, 0.6) is 5.75 Å². The number of aromatic nitrogens is 3. The number of hydrogen-bond donors (Lipinski definition) is 0. The van der Waals surface area contributed by atoms with Crippen molar-refractivity contribution in [3.63, 3.8) is 0 Å². The second-order valence-corrected chi connectivity index (χ2v) is 8.66. The highest BCUT2D eigenvalue weighted by atomic mass is 32.2. The quantitative estimate of drug-likeness (QED) is 0.264. The summed E-state index contributed by atoms with van der Waals surface area (Å²) in [5.41, 5.74) is 2.73. The Morgan fingerprint density at radius 3 is 2.73 bits per heavy atom. The number of rotatable bonds is 8. The largest absolute Gasteiger partial charge is 0.496 e. The first-order valence-corrected chi connectivity index (χ1v) is 11.8. The van der Waals surface area contributed by atoms with E-state index in [1.807, 2.05) is 53.1 Å². The minimum absolute atomic E-state index is 0.0320. The third-order valence-corrected chi connectivity index (χ3v) is 6.73. The number of unbranched alkanes of at least 4 members (excludes halogenated alkanes) is 1. The number of fused-ring (bicyclic) bond motifs is 1. The second-order valence-electron chi connectivity index (χ2n) is 6.85. The zero-order valence-corrected chi connectivity index (χ0v) is 18.6. The van der Waals surface area contributed by atoms with Crippen LogP contribution < -0.4 is 10.3 Å². The molecule has 0 aliphatic rings. The van der Waals surface area contributed by atoms with Gasteiger partial charge in [0, 0.05) is 17.7 Å². The maximum atomic E-state index is 13.0. The number of ether oxygens (including phenoxy) is 1. The number of nitrogens with zero attached hydrogens (tertiary/aromatic N) is 3. The maximum Gasteiger partial charge on any atom is 0.262 e. The molecule has 0 saturated heterocycles. The van der Waals surface area contributed by atoms with Gasteiger partial charge in [-0.25, -0.2) is 9.97 Å².